The molecule has 3 N–H and O–H groups in total. The van der Waals surface area contributed by atoms with Crippen molar-refractivity contribution in [1.82, 2.24) is 0 Å². The molecule has 0 unspecified atom stereocenters. The van der Waals surface area contributed by atoms with Crippen molar-refractivity contribution in [3.8, 4) is 17.6 Å². The molecule has 3 aromatic rings. The molecule has 0 aliphatic heterocycles. The van der Waals surface area contributed by atoms with Crippen LogP contribution in [0.4, 0.5) is 13.2 Å². The molecule has 4 nitrogen and oxygen atoms in total. The van der Waals surface area contributed by atoms with Crippen molar-refractivity contribution >= 4 is 22.6 Å². The second kappa shape index (κ2) is 8.70. The summed E-state index contributed by atoms with van der Waals surface area (Å²) in [7, 11) is 0. The van der Waals surface area contributed by atoms with E-state index in [9.17, 15) is 18.0 Å². The van der Waals surface area contributed by atoms with Gasteiger partial charge in [-0.1, -0.05) is 66.4 Å². The first-order valence-electron chi connectivity index (χ1n) is 8.94. The molecular formula is C23H17F3N2O2. The molecule has 0 fully saturated rings. The number of nitrogens with one attached hydrogen (secondary N) is 1. The Balaban J connectivity index is 1.87. The van der Waals surface area contributed by atoms with Gasteiger partial charge in [-0.25, -0.2) is 4.79 Å². The number of hydrogen-bond acceptors (Lipinski definition) is 3. The lowest BCUT2D eigenvalue weighted by atomic mass is 10.0. The Kier molecular flexibility index (Phi) is 6.07. The van der Waals surface area contributed by atoms with Gasteiger partial charge in [0.05, 0.1) is 5.56 Å². The van der Waals surface area contributed by atoms with E-state index in [0.29, 0.717) is 18.2 Å². The van der Waals surface area contributed by atoms with Gasteiger partial charge < -0.3 is 10.5 Å². The van der Waals surface area contributed by atoms with Gasteiger partial charge in [0.15, 0.2) is 0 Å². The molecule has 0 aliphatic carbocycles. The molecule has 0 aliphatic rings. The van der Waals surface area contributed by atoms with E-state index in [1.54, 1.807) is 18.2 Å². The van der Waals surface area contributed by atoms with Gasteiger partial charge in [-0.3, -0.25) is 5.41 Å². The maximum absolute atomic E-state index is 12.7. The van der Waals surface area contributed by atoms with Crippen molar-refractivity contribution in [2.24, 2.45) is 5.73 Å². The Bertz CT molecular complexity index is 1160. The van der Waals surface area contributed by atoms with Crippen LogP contribution in [0.15, 0.2) is 60.7 Å². The Hall–Kier alpha value is -3.79. The second-order valence-electron chi connectivity index (χ2n) is 6.49. The van der Waals surface area contributed by atoms with E-state index in [1.807, 2.05) is 30.3 Å². The third-order valence-corrected chi connectivity index (χ3v) is 4.30. The largest absolute Gasteiger partial charge is 0.491 e. The summed E-state index contributed by atoms with van der Waals surface area (Å²) in [6, 6.07) is 17.7. The fourth-order valence-corrected chi connectivity index (χ4v) is 2.86. The van der Waals surface area contributed by atoms with Crippen LogP contribution in [0.5, 0.6) is 5.75 Å². The van der Waals surface area contributed by atoms with Crippen LogP contribution in [-0.2, 0) is 17.6 Å². The highest BCUT2D eigenvalue weighted by Crippen LogP contribution is 2.32. The van der Waals surface area contributed by atoms with Crippen LogP contribution in [0, 0.1) is 17.3 Å². The first kappa shape index (κ1) is 20.9. The molecule has 0 amide bonds. The number of carbonyl (C=O) groups excluding carboxylic acids is 1. The first-order chi connectivity index (χ1) is 14.3. The molecule has 0 spiro atoms. The van der Waals surface area contributed by atoms with Gasteiger partial charge in [0, 0.05) is 18.2 Å². The summed E-state index contributed by atoms with van der Waals surface area (Å²) in [5.41, 5.74) is 7.32. The van der Waals surface area contributed by atoms with Crippen molar-refractivity contribution in [3.05, 3.63) is 77.4 Å². The SMILES string of the molecule is N=C(N)c1ccc2cc(CC#CCc3ccccc3)ccc2c1OC(=O)C(F)(F)F. The summed E-state index contributed by atoms with van der Waals surface area (Å²) in [6.07, 6.45) is -4.09. The zero-order chi connectivity index (χ0) is 21.7. The summed E-state index contributed by atoms with van der Waals surface area (Å²) < 4.78 is 42.5. The van der Waals surface area contributed by atoms with E-state index in [-0.39, 0.29) is 16.7 Å². The molecule has 0 radical (unpaired) electrons. The molecule has 7 heteroatoms. The van der Waals surface area contributed by atoms with Gasteiger partial charge in [0.1, 0.15) is 11.6 Å². The molecular weight excluding hydrogens is 393 g/mol. The van der Waals surface area contributed by atoms with Crippen molar-refractivity contribution in [2.75, 3.05) is 0 Å². The smallest absolute Gasteiger partial charge is 0.418 e. The van der Waals surface area contributed by atoms with Crippen LogP contribution in [0.1, 0.15) is 16.7 Å². The van der Waals surface area contributed by atoms with E-state index in [4.69, 9.17) is 11.1 Å². The average molecular weight is 410 g/mol. The topological polar surface area (TPSA) is 76.2 Å². The Morgan fingerprint density at radius 2 is 1.63 bits per heavy atom. The normalized spacial score (nSPS) is 10.9. The molecule has 0 bridgehead atoms. The molecule has 0 saturated heterocycles. The van der Waals surface area contributed by atoms with Crippen LogP contribution in [-0.4, -0.2) is 18.0 Å². The number of halogens is 3. The number of esters is 1. The molecule has 30 heavy (non-hydrogen) atoms. The standard InChI is InChI=1S/C23H17F3N2O2/c24-23(25,26)22(29)30-20-18-12-10-16(14-17(18)11-13-19(20)21(27)28)9-5-4-8-15-6-2-1-3-7-15/h1-3,6-7,10-14H,8-9H2,(H3,27,28). The third-order valence-electron chi connectivity index (χ3n) is 4.30. The lowest BCUT2D eigenvalue weighted by Gasteiger charge is -2.14. The minimum absolute atomic E-state index is 0.0875. The lowest BCUT2D eigenvalue weighted by molar-refractivity contribution is -0.189. The van der Waals surface area contributed by atoms with Crippen molar-refractivity contribution in [2.45, 2.75) is 19.0 Å². The number of carbonyl (C=O) groups is 1. The zero-order valence-electron chi connectivity index (χ0n) is 15.7. The lowest BCUT2D eigenvalue weighted by Crippen LogP contribution is -2.29. The molecule has 0 heterocycles. The summed E-state index contributed by atoms with van der Waals surface area (Å²) in [5.74, 6) is 2.91. The number of ether oxygens (including phenoxy) is 1. The van der Waals surface area contributed by atoms with Crippen LogP contribution >= 0.6 is 0 Å². The Morgan fingerprint density at radius 3 is 2.27 bits per heavy atom. The van der Waals surface area contributed by atoms with E-state index in [2.05, 4.69) is 16.6 Å². The quantitative estimate of drug-likeness (QED) is 0.220. The molecule has 0 saturated carbocycles. The van der Waals surface area contributed by atoms with Gasteiger partial charge in [-0.05, 0) is 22.6 Å². The Morgan fingerprint density at radius 1 is 0.967 bits per heavy atom. The van der Waals surface area contributed by atoms with E-state index in [0.717, 1.165) is 11.1 Å². The van der Waals surface area contributed by atoms with Crippen molar-refractivity contribution < 1.29 is 22.7 Å². The number of alkyl halides is 3. The minimum Gasteiger partial charge on any atom is -0.418 e. The van der Waals surface area contributed by atoms with Crippen LogP contribution in [0.2, 0.25) is 0 Å². The molecule has 3 rings (SSSR count). The number of rotatable bonds is 4. The van der Waals surface area contributed by atoms with Crippen LogP contribution in [0.25, 0.3) is 10.8 Å². The summed E-state index contributed by atoms with van der Waals surface area (Å²) in [5, 5.41) is 8.36. The predicted octanol–water partition coefficient (Wildman–Crippen LogP) is 4.38. The summed E-state index contributed by atoms with van der Waals surface area (Å²) in [6.45, 7) is 0. The number of benzene rings is 3. The monoisotopic (exact) mass is 410 g/mol. The maximum atomic E-state index is 12.7. The zero-order valence-corrected chi connectivity index (χ0v) is 15.7. The minimum atomic E-state index is -5.16. The highest BCUT2D eigenvalue weighted by molar-refractivity contribution is 6.05. The molecule has 0 atom stereocenters. The molecule has 3 aromatic carbocycles. The van der Waals surface area contributed by atoms with Gasteiger partial charge in [-0.15, -0.1) is 0 Å². The van der Waals surface area contributed by atoms with Gasteiger partial charge in [0.25, 0.3) is 0 Å². The molecule has 152 valence electrons. The number of hydrogen-bond donors (Lipinski definition) is 2. The Labute approximate surface area is 171 Å². The maximum Gasteiger partial charge on any atom is 0.491 e. The van der Waals surface area contributed by atoms with E-state index < -0.39 is 18.0 Å². The first-order valence-corrected chi connectivity index (χ1v) is 8.94. The summed E-state index contributed by atoms with van der Waals surface area (Å²) in [4.78, 5) is 11.3. The predicted molar refractivity (Wildman–Crippen MR) is 108 cm³/mol. The van der Waals surface area contributed by atoms with E-state index >= 15 is 0 Å². The highest BCUT2D eigenvalue weighted by Gasteiger charge is 2.42. The number of amidine groups is 1. The fraction of sp³-hybridized carbons (Fsp3) is 0.130. The number of fused-ring (bicyclic) bond motifs is 1. The van der Waals surface area contributed by atoms with Gasteiger partial charge >= 0.3 is 12.1 Å². The fourth-order valence-electron chi connectivity index (χ4n) is 2.86. The summed E-state index contributed by atoms with van der Waals surface area (Å²) >= 11 is 0. The average Bonchev–Trinajstić information content (AvgIpc) is 2.71. The second-order valence-corrected chi connectivity index (χ2v) is 6.49. The third kappa shape index (κ3) is 4.97. The highest BCUT2D eigenvalue weighted by atomic mass is 19.4. The van der Waals surface area contributed by atoms with Crippen molar-refractivity contribution in [1.29, 1.82) is 5.41 Å². The van der Waals surface area contributed by atoms with Gasteiger partial charge in [0.2, 0.25) is 0 Å². The number of nitrogens with two attached hydrogens (primary N) is 1. The number of nitrogen functional groups attached to an aromatic ring is 1. The van der Waals surface area contributed by atoms with Crippen LogP contribution in [0.3, 0.4) is 0 Å². The molecule has 0 aromatic heterocycles. The van der Waals surface area contributed by atoms with Gasteiger partial charge in [-0.2, -0.15) is 13.2 Å². The van der Waals surface area contributed by atoms with E-state index in [1.165, 1.54) is 12.1 Å². The van der Waals surface area contributed by atoms with Crippen molar-refractivity contribution in [3.63, 3.8) is 0 Å². The van der Waals surface area contributed by atoms with Crippen LogP contribution < -0.4 is 10.5 Å².